The molecule has 1 aliphatic heterocycles. The zero-order valence-corrected chi connectivity index (χ0v) is 20.0. The standard InChI is InChI=1S/C26H45N3O/c1-23(2)28-18-20-29(21-19-28)26-15-13-25(14-16-26)22-27(4)17-11-9-7-5-6-8-10-12-24(3)30/h13-16,23H,5-12,17-22H2,1-4H3. The molecule has 0 amide bonds. The van der Waals surface area contributed by atoms with E-state index in [1.165, 1.54) is 69.4 Å². The van der Waals surface area contributed by atoms with Gasteiger partial charge in [0, 0.05) is 50.9 Å². The maximum absolute atomic E-state index is 10.9. The van der Waals surface area contributed by atoms with Crippen LogP contribution in [0, 0.1) is 0 Å². The van der Waals surface area contributed by atoms with Crippen LogP contribution < -0.4 is 4.90 Å². The van der Waals surface area contributed by atoms with Crippen LogP contribution in [0.1, 0.15) is 77.7 Å². The molecule has 30 heavy (non-hydrogen) atoms. The Morgan fingerprint density at radius 1 is 0.900 bits per heavy atom. The number of nitrogens with zero attached hydrogens (tertiary/aromatic N) is 3. The number of rotatable bonds is 14. The molecule has 0 spiro atoms. The Morgan fingerprint density at radius 2 is 1.47 bits per heavy atom. The minimum Gasteiger partial charge on any atom is -0.369 e. The summed E-state index contributed by atoms with van der Waals surface area (Å²) in [5.74, 6) is 0.331. The Morgan fingerprint density at radius 3 is 2.03 bits per heavy atom. The van der Waals surface area contributed by atoms with Crippen LogP contribution in [0.15, 0.2) is 24.3 Å². The number of carbonyl (C=O) groups excluding carboxylic acids is 1. The van der Waals surface area contributed by atoms with E-state index in [4.69, 9.17) is 0 Å². The van der Waals surface area contributed by atoms with Gasteiger partial charge in [-0.1, -0.05) is 44.2 Å². The third-order valence-electron chi connectivity index (χ3n) is 6.37. The molecule has 1 aromatic rings. The van der Waals surface area contributed by atoms with Crippen LogP contribution in [0.4, 0.5) is 5.69 Å². The van der Waals surface area contributed by atoms with Crippen molar-refractivity contribution in [3.05, 3.63) is 29.8 Å². The Balaban J connectivity index is 1.56. The monoisotopic (exact) mass is 415 g/mol. The lowest BCUT2D eigenvalue weighted by Crippen LogP contribution is -2.48. The lowest BCUT2D eigenvalue weighted by molar-refractivity contribution is -0.117. The van der Waals surface area contributed by atoms with E-state index in [9.17, 15) is 4.79 Å². The number of anilines is 1. The summed E-state index contributed by atoms with van der Waals surface area (Å²) in [7, 11) is 2.24. The molecule has 0 atom stereocenters. The minimum atomic E-state index is 0.331. The van der Waals surface area contributed by atoms with Crippen LogP contribution in [0.3, 0.4) is 0 Å². The molecule has 4 heteroatoms. The van der Waals surface area contributed by atoms with Crippen LogP contribution in [-0.4, -0.2) is 61.4 Å². The lowest BCUT2D eigenvalue weighted by Gasteiger charge is -2.38. The number of carbonyl (C=O) groups is 1. The van der Waals surface area contributed by atoms with Gasteiger partial charge in [0.05, 0.1) is 0 Å². The summed E-state index contributed by atoms with van der Waals surface area (Å²) in [4.78, 5) is 18.5. The SMILES string of the molecule is CC(=O)CCCCCCCCCN(C)Cc1ccc(N2CCN(C(C)C)CC2)cc1. The van der Waals surface area contributed by atoms with Crippen molar-refractivity contribution >= 4 is 11.5 Å². The zero-order chi connectivity index (χ0) is 21.8. The second kappa shape index (κ2) is 13.8. The molecule has 170 valence electrons. The smallest absolute Gasteiger partial charge is 0.129 e. The van der Waals surface area contributed by atoms with Gasteiger partial charge in [0.25, 0.3) is 0 Å². The third-order valence-corrected chi connectivity index (χ3v) is 6.37. The van der Waals surface area contributed by atoms with E-state index in [-0.39, 0.29) is 0 Å². The van der Waals surface area contributed by atoms with Crippen molar-refractivity contribution in [3.63, 3.8) is 0 Å². The number of piperazine rings is 1. The van der Waals surface area contributed by atoms with Gasteiger partial charge < -0.3 is 14.6 Å². The van der Waals surface area contributed by atoms with E-state index in [0.717, 1.165) is 32.5 Å². The predicted octanol–water partition coefficient (Wildman–Crippen LogP) is 5.36. The average Bonchev–Trinajstić information content (AvgIpc) is 2.73. The normalized spacial score (nSPS) is 15.3. The van der Waals surface area contributed by atoms with Crippen LogP contribution >= 0.6 is 0 Å². The van der Waals surface area contributed by atoms with Crippen molar-refractivity contribution in [1.29, 1.82) is 0 Å². The highest BCUT2D eigenvalue weighted by atomic mass is 16.1. The van der Waals surface area contributed by atoms with Crippen LogP contribution in [-0.2, 0) is 11.3 Å². The summed E-state index contributed by atoms with van der Waals surface area (Å²) < 4.78 is 0. The van der Waals surface area contributed by atoms with Crippen molar-refractivity contribution < 1.29 is 4.79 Å². The Labute approximate surface area is 185 Å². The number of benzene rings is 1. The molecule has 0 aliphatic carbocycles. The first-order valence-corrected chi connectivity index (χ1v) is 12.2. The van der Waals surface area contributed by atoms with Gasteiger partial charge in [-0.25, -0.2) is 0 Å². The fourth-order valence-corrected chi connectivity index (χ4v) is 4.34. The van der Waals surface area contributed by atoms with Gasteiger partial charge in [0.15, 0.2) is 0 Å². The van der Waals surface area contributed by atoms with Crippen molar-refractivity contribution in [1.82, 2.24) is 9.80 Å². The first-order chi connectivity index (χ1) is 14.5. The van der Waals surface area contributed by atoms with Crippen molar-refractivity contribution in [2.75, 3.05) is 44.7 Å². The van der Waals surface area contributed by atoms with E-state index in [1.54, 1.807) is 6.92 Å². The molecule has 1 saturated heterocycles. The van der Waals surface area contributed by atoms with E-state index in [2.05, 4.69) is 59.9 Å². The van der Waals surface area contributed by atoms with E-state index >= 15 is 0 Å². The average molecular weight is 416 g/mol. The molecular weight excluding hydrogens is 370 g/mol. The number of hydrogen-bond donors (Lipinski definition) is 0. The largest absolute Gasteiger partial charge is 0.369 e. The molecule has 0 saturated carbocycles. The number of hydrogen-bond acceptors (Lipinski definition) is 4. The fourth-order valence-electron chi connectivity index (χ4n) is 4.34. The van der Waals surface area contributed by atoms with Gasteiger partial charge in [0.1, 0.15) is 5.78 Å². The first kappa shape index (κ1) is 24.9. The van der Waals surface area contributed by atoms with Crippen molar-refractivity contribution in [3.8, 4) is 0 Å². The molecule has 1 fully saturated rings. The highest BCUT2D eigenvalue weighted by Crippen LogP contribution is 2.19. The van der Waals surface area contributed by atoms with Crippen molar-refractivity contribution in [2.24, 2.45) is 0 Å². The lowest BCUT2D eigenvalue weighted by atomic mass is 10.1. The predicted molar refractivity (Wildman–Crippen MR) is 129 cm³/mol. The Kier molecular flexibility index (Phi) is 11.5. The van der Waals surface area contributed by atoms with Gasteiger partial charge in [-0.2, -0.15) is 0 Å². The molecule has 1 aromatic carbocycles. The number of unbranched alkanes of at least 4 members (excludes halogenated alkanes) is 6. The maximum Gasteiger partial charge on any atom is 0.129 e. The molecule has 1 aliphatic rings. The van der Waals surface area contributed by atoms with Crippen LogP contribution in [0.25, 0.3) is 0 Å². The highest BCUT2D eigenvalue weighted by molar-refractivity contribution is 5.75. The Hall–Kier alpha value is -1.39. The summed E-state index contributed by atoms with van der Waals surface area (Å²) in [6.07, 6.45) is 9.57. The quantitative estimate of drug-likeness (QED) is 0.382. The number of Topliss-reactive ketones (excluding diaryl/α,β-unsaturated/α-hetero) is 1. The summed E-state index contributed by atoms with van der Waals surface area (Å²) >= 11 is 0. The van der Waals surface area contributed by atoms with Gasteiger partial charge in [-0.15, -0.1) is 0 Å². The molecule has 2 rings (SSSR count). The molecule has 0 aromatic heterocycles. The van der Waals surface area contributed by atoms with Gasteiger partial charge in [-0.3, -0.25) is 4.90 Å². The summed E-state index contributed by atoms with van der Waals surface area (Å²) in [6.45, 7) is 13.1. The molecular formula is C26H45N3O. The maximum atomic E-state index is 10.9. The van der Waals surface area contributed by atoms with E-state index in [1.807, 2.05) is 0 Å². The van der Waals surface area contributed by atoms with Gasteiger partial charge in [-0.05, 0) is 64.9 Å². The fraction of sp³-hybridized carbons (Fsp3) is 0.731. The first-order valence-electron chi connectivity index (χ1n) is 12.2. The molecule has 0 bridgehead atoms. The minimum absolute atomic E-state index is 0.331. The van der Waals surface area contributed by atoms with Crippen LogP contribution in [0.5, 0.6) is 0 Å². The molecule has 0 unspecified atom stereocenters. The molecule has 0 N–H and O–H groups in total. The van der Waals surface area contributed by atoms with Crippen molar-refractivity contribution in [2.45, 2.75) is 84.7 Å². The second-order valence-electron chi connectivity index (χ2n) is 9.45. The third kappa shape index (κ3) is 9.61. The van der Waals surface area contributed by atoms with E-state index < -0.39 is 0 Å². The van der Waals surface area contributed by atoms with Gasteiger partial charge >= 0.3 is 0 Å². The Bertz CT molecular complexity index is 591. The zero-order valence-electron chi connectivity index (χ0n) is 20.0. The second-order valence-corrected chi connectivity index (χ2v) is 9.45. The van der Waals surface area contributed by atoms with Gasteiger partial charge in [0.2, 0.25) is 0 Å². The van der Waals surface area contributed by atoms with Crippen LogP contribution in [0.2, 0.25) is 0 Å². The summed E-state index contributed by atoms with van der Waals surface area (Å²) in [5.41, 5.74) is 2.78. The van der Waals surface area contributed by atoms with E-state index in [0.29, 0.717) is 11.8 Å². The highest BCUT2D eigenvalue weighted by Gasteiger charge is 2.18. The molecule has 0 radical (unpaired) electrons. The molecule has 1 heterocycles. The topological polar surface area (TPSA) is 26.8 Å². The summed E-state index contributed by atoms with van der Waals surface area (Å²) in [5, 5.41) is 0. The molecule has 4 nitrogen and oxygen atoms in total. The summed E-state index contributed by atoms with van der Waals surface area (Å²) in [6, 6.07) is 9.88. The number of ketones is 1.